The minimum absolute atomic E-state index is 0.0810. The van der Waals surface area contributed by atoms with Crippen molar-refractivity contribution in [1.29, 1.82) is 0 Å². The SMILES string of the molecule is [O]CCC1CCN1. The quantitative estimate of drug-likeness (QED) is 0.527. The number of nitrogens with one attached hydrogen (secondary N) is 1. The Morgan fingerprint density at radius 1 is 1.71 bits per heavy atom. The van der Waals surface area contributed by atoms with Crippen LogP contribution in [-0.2, 0) is 5.11 Å². The molecule has 0 aromatic rings. The van der Waals surface area contributed by atoms with Crippen molar-refractivity contribution in [3.63, 3.8) is 0 Å². The lowest BCUT2D eigenvalue weighted by atomic mass is 10.1. The molecule has 0 aromatic carbocycles. The molecule has 1 rings (SSSR count). The molecule has 1 unspecified atom stereocenters. The van der Waals surface area contributed by atoms with E-state index in [1.54, 1.807) is 0 Å². The molecule has 7 heavy (non-hydrogen) atoms. The van der Waals surface area contributed by atoms with E-state index in [1.165, 1.54) is 6.42 Å². The van der Waals surface area contributed by atoms with Gasteiger partial charge in [0.2, 0.25) is 0 Å². The summed E-state index contributed by atoms with van der Waals surface area (Å²) >= 11 is 0. The first-order valence-corrected chi connectivity index (χ1v) is 2.75. The van der Waals surface area contributed by atoms with Gasteiger partial charge >= 0.3 is 0 Å². The fraction of sp³-hybridized carbons (Fsp3) is 1.00. The molecule has 0 spiro atoms. The molecule has 1 N–H and O–H groups in total. The lowest BCUT2D eigenvalue weighted by Crippen LogP contribution is -2.43. The highest BCUT2D eigenvalue weighted by Crippen LogP contribution is 2.04. The predicted octanol–water partition coefficient (Wildman–Crippen LogP) is 0.169. The van der Waals surface area contributed by atoms with Crippen LogP contribution in [-0.4, -0.2) is 19.2 Å². The lowest BCUT2D eigenvalue weighted by molar-refractivity contribution is 0.162. The number of hydrogen-bond acceptors (Lipinski definition) is 1. The van der Waals surface area contributed by atoms with Crippen LogP contribution in [0.2, 0.25) is 0 Å². The zero-order valence-corrected chi connectivity index (χ0v) is 4.31. The van der Waals surface area contributed by atoms with Gasteiger partial charge in [0.1, 0.15) is 0 Å². The average Bonchev–Trinajstić information content (AvgIpc) is 1.55. The minimum atomic E-state index is 0.0810. The molecule has 1 radical (unpaired) electrons. The monoisotopic (exact) mass is 100 g/mol. The van der Waals surface area contributed by atoms with Crippen LogP contribution in [0.4, 0.5) is 0 Å². The van der Waals surface area contributed by atoms with Crippen molar-refractivity contribution >= 4 is 0 Å². The second-order valence-electron chi connectivity index (χ2n) is 1.93. The Kier molecular flexibility index (Phi) is 1.65. The van der Waals surface area contributed by atoms with Crippen LogP contribution in [0.5, 0.6) is 0 Å². The molecule has 1 aliphatic rings. The third-order valence-electron chi connectivity index (χ3n) is 1.39. The van der Waals surface area contributed by atoms with Crippen molar-refractivity contribution in [2.75, 3.05) is 13.2 Å². The van der Waals surface area contributed by atoms with Gasteiger partial charge in [0, 0.05) is 6.04 Å². The highest BCUT2D eigenvalue weighted by Gasteiger charge is 2.14. The fourth-order valence-electron chi connectivity index (χ4n) is 0.737. The summed E-state index contributed by atoms with van der Waals surface area (Å²) in [6.07, 6.45) is 2.03. The van der Waals surface area contributed by atoms with E-state index in [2.05, 4.69) is 5.32 Å². The first-order valence-electron chi connectivity index (χ1n) is 2.75. The molecule has 0 bridgehead atoms. The molecule has 2 nitrogen and oxygen atoms in total. The summed E-state index contributed by atoms with van der Waals surface area (Å²) in [5.41, 5.74) is 0. The van der Waals surface area contributed by atoms with Gasteiger partial charge in [-0.15, -0.1) is 0 Å². The van der Waals surface area contributed by atoms with Crippen LogP contribution in [0.15, 0.2) is 0 Å². The number of hydrogen-bond donors (Lipinski definition) is 1. The zero-order valence-electron chi connectivity index (χ0n) is 4.31. The Labute approximate surface area is 43.5 Å². The normalized spacial score (nSPS) is 29.6. The van der Waals surface area contributed by atoms with Gasteiger partial charge < -0.3 is 5.32 Å². The summed E-state index contributed by atoms with van der Waals surface area (Å²) in [5.74, 6) is 0. The van der Waals surface area contributed by atoms with E-state index in [-0.39, 0.29) is 6.61 Å². The molecule has 0 aromatic heterocycles. The van der Waals surface area contributed by atoms with Crippen molar-refractivity contribution in [3.05, 3.63) is 0 Å². The molecule has 41 valence electrons. The summed E-state index contributed by atoms with van der Waals surface area (Å²) < 4.78 is 0. The van der Waals surface area contributed by atoms with E-state index in [9.17, 15) is 5.11 Å². The smallest absolute Gasteiger partial charge is 0.0837 e. The van der Waals surface area contributed by atoms with Crippen LogP contribution in [0.3, 0.4) is 0 Å². The Balaban J connectivity index is 1.93. The van der Waals surface area contributed by atoms with Gasteiger partial charge in [-0.25, -0.2) is 5.11 Å². The van der Waals surface area contributed by atoms with Crippen LogP contribution in [0.1, 0.15) is 12.8 Å². The van der Waals surface area contributed by atoms with Crippen molar-refractivity contribution < 1.29 is 5.11 Å². The summed E-state index contributed by atoms with van der Waals surface area (Å²) in [4.78, 5) is 0. The van der Waals surface area contributed by atoms with E-state index < -0.39 is 0 Å². The Hall–Kier alpha value is -0.0800. The van der Waals surface area contributed by atoms with E-state index in [0.29, 0.717) is 6.04 Å². The Morgan fingerprint density at radius 2 is 2.43 bits per heavy atom. The van der Waals surface area contributed by atoms with E-state index in [1.807, 2.05) is 0 Å². The maximum atomic E-state index is 9.89. The molecule has 2 heteroatoms. The Bertz CT molecular complexity index is 52.0. The number of rotatable bonds is 2. The van der Waals surface area contributed by atoms with Crippen LogP contribution < -0.4 is 5.32 Å². The third-order valence-corrected chi connectivity index (χ3v) is 1.39. The topological polar surface area (TPSA) is 31.9 Å². The van der Waals surface area contributed by atoms with Crippen molar-refractivity contribution in [2.24, 2.45) is 0 Å². The van der Waals surface area contributed by atoms with Gasteiger partial charge in [-0.1, -0.05) is 0 Å². The zero-order chi connectivity index (χ0) is 5.11. The molecule has 0 aliphatic carbocycles. The minimum Gasteiger partial charge on any atom is -0.314 e. The molecule has 1 atom stereocenters. The van der Waals surface area contributed by atoms with Gasteiger partial charge in [-0.3, -0.25) is 0 Å². The summed E-state index contributed by atoms with van der Waals surface area (Å²) in [6, 6.07) is 0.567. The molecular weight excluding hydrogens is 90.1 g/mol. The maximum Gasteiger partial charge on any atom is 0.0837 e. The molecule has 0 amide bonds. The fourth-order valence-corrected chi connectivity index (χ4v) is 0.737. The Morgan fingerprint density at radius 3 is 2.57 bits per heavy atom. The van der Waals surface area contributed by atoms with Crippen LogP contribution in [0, 0.1) is 0 Å². The van der Waals surface area contributed by atoms with Gasteiger partial charge in [0.05, 0.1) is 6.61 Å². The van der Waals surface area contributed by atoms with Gasteiger partial charge in [-0.2, -0.15) is 0 Å². The van der Waals surface area contributed by atoms with Gasteiger partial charge in [-0.05, 0) is 19.4 Å². The van der Waals surface area contributed by atoms with E-state index >= 15 is 0 Å². The highest BCUT2D eigenvalue weighted by molar-refractivity contribution is 4.75. The van der Waals surface area contributed by atoms with Crippen molar-refractivity contribution in [2.45, 2.75) is 18.9 Å². The van der Waals surface area contributed by atoms with Crippen molar-refractivity contribution in [3.8, 4) is 0 Å². The van der Waals surface area contributed by atoms with Crippen LogP contribution >= 0.6 is 0 Å². The third kappa shape index (κ3) is 1.14. The van der Waals surface area contributed by atoms with Gasteiger partial charge in [0.15, 0.2) is 0 Å². The predicted molar refractivity (Wildman–Crippen MR) is 26.6 cm³/mol. The lowest BCUT2D eigenvalue weighted by Gasteiger charge is -2.26. The standard InChI is InChI=1S/C5H10NO/c7-4-2-5-1-3-6-5/h5-6H,1-4H2. The summed E-state index contributed by atoms with van der Waals surface area (Å²) in [5, 5.41) is 13.0. The van der Waals surface area contributed by atoms with Crippen LogP contribution in [0.25, 0.3) is 0 Å². The summed E-state index contributed by atoms with van der Waals surface area (Å²) in [6.45, 7) is 1.20. The first kappa shape index (κ1) is 5.06. The molecule has 1 fully saturated rings. The second-order valence-corrected chi connectivity index (χ2v) is 1.93. The maximum absolute atomic E-state index is 9.89. The molecule has 1 saturated heterocycles. The molecule has 1 heterocycles. The summed E-state index contributed by atoms with van der Waals surface area (Å²) in [7, 11) is 0. The molecular formula is C5H10NO. The first-order chi connectivity index (χ1) is 3.43. The largest absolute Gasteiger partial charge is 0.314 e. The van der Waals surface area contributed by atoms with Gasteiger partial charge in [0.25, 0.3) is 0 Å². The van der Waals surface area contributed by atoms with Crippen molar-refractivity contribution in [1.82, 2.24) is 5.32 Å². The molecule has 0 saturated carbocycles. The average molecular weight is 100 g/mol. The van der Waals surface area contributed by atoms with E-state index in [4.69, 9.17) is 0 Å². The highest BCUT2D eigenvalue weighted by atomic mass is 16.3. The van der Waals surface area contributed by atoms with E-state index in [0.717, 1.165) is 13.0 Å². The molecule has 1 aliphatic heterocycles. The second kappa shape index (κ2) is 2.28.